The van der Waals surface area contributed by atoms with Crippen LogP contribution in [0.3, 0.4) is 0 Å². The van der Waals surface area contributed by atoms with Crippen molar-refractivity contribution < 1.29 is 4.79 Å². The molecule has 6 nitrogen and oxygen atoms in total. The van der Waals surface area contributed by atoms with Crippen molar-refractivity contribution in [1.82, 2.24) is 24.4 Å². The molecule has 0 fully saturated rings. The second kappa shape index (κ2) is 6.07. The van der Waals surface area contributed by atoms with Gasteiger partial charge in [0.2, 0.25) is 0 Å². The van der Waals surface area contributed by atoms with Crippen LogP contribution in [0.25, 0.3) is 33.3 Å². The Labute approximate surface area is 155 Å². The number of hydrogen-bond donors (Lipinski definition) is 0. The molecule has 1 aromatic carbocycles. The Morgan fingerprint density at radius 1 is 1.12 bits per heavy atom. The highest BCUT2D eigenvalue weighted by Crippen LogP contribution is 2.33. The third-order valence-corrected chi connectivity index (χ3v) is 4.58. The smallest absolute Gasteiger partial charge is 0.272 e. The molecule has 0 atom stereocenters. The maximum absolute atomic E-state index is 12.9. The molecule has 0 N–H and O–H groups in total. The van der Waals surface area contributed by atoms with Gasteiger partial charge in [0.25, 0.3) is 5.91 Å². The van der Waals surface area contributed by atoms with Gasteiger partial charge < -0.3 is 9.47 Å². The molecule has 0 aliphatic carbocycles. The van der Waals surface area contributed by atoms with Crippen molar-refractivity contribution in [3.8, 4) is 11.4 Å². The Balaban J connectivity index is 2.15. The number of benzene rings is 1. The average Bonchev–Trinajstić information content (AvgIpc) is 2.93. The molecular formula is C19H16ClN5O. The molecule has 1 amide bonds. The number of halogens is 1. The van der Waals surface area contributed by atoms with E-state index in [9.17, 15) is 4.79 Å². The fourth-order valence-corrected chi connectivity index (χ4v) is 3.22. The van der Waals surface area contributed by atoms with Crippen molar-refractivity contribution >= 4 is 39.4 Å². The molecule has 0 saturated carbocycles. The Morgan fingerprint density at radius 3 is 2.54 bits per heavy atom. The zero-order valence-corrected chi connectivity index (χ0v) is 15.3. The average molecular weight is 366 g/mol. The fraction of sp³-hybridized carbons (Fsp3) is 0.158. The number of nitrogens with zero attached hydrogens (tertiary/aromatic N) is 5. The van der Waals surface area contributed by atoms with Gasteiger partial charge in [-0.15, -0.1) is 0 Å². The fourth-order valence-electron chi connectivity index (χ4n) is 3.05. The molecule has 0 bridgehead atoms. The molecular weight excluding hydrogens is 350 g/mol. The Hall–Kier alpha value is -2.99. The van der Waals surface area contributed by atoms with Crippen LogP contribution in [0.2, 0.25) is 5.02 Å². The van der Waals surface area contributed by atoms with Crippen molar-refractivity contribution in [3.05, 3.63) is 53.4 Å². The zero-order chi connectivity index (χ0) is 18.4. The van der Waals surface area contributed by atoms with E-state index in [1.165, 1.54) is 4.90 Å². The molecule has 0 aliphatic heterocycles. The molecule has 3 heterocycles. The van der Waals surface area contributed by atoms with Gasteiger partial charge in [-0.25, -0.2) is 9.97 Å². The number of hydrogen-bond acceptors (Lipinski definition) is 4. The molecule has 26 heavy (non-hydrogen) atoms. The van der Waals surface area contributed by atoms with E-state index < -0.39 is 0 Å². The Morgan fingerprint density at radius 2 is 1.85 bits per heavy atom. The lowest BCUT2D eigenvalue weighted by Gasteiger charge is -2.12. The summed E-state index contributed by atoms with van der Waals surface area (Å²) in [5.41, 5.74) is 2.80. The second-order valence-electron chi connectivity index (χ2n) is 6.25. The lowest BCUT2D eigenvalue weighted by molar-refractivity contribution is 0.0824. The summed E-state index contributed by atoms with van der Waals surface area (Å²) in [6.07, 6.45) is 3.36. The van der Waals surface area contributed by atoms with Crippen LogP contribution in [0.1, 0.15) is 10.5 Å². The molecule has 7 heteroatoms. The van der Waals surface area contributed by atoms with E-state index in [-0.39, 0.29) is 5.91 Å². The quantitative estimate of drug-likeness (QED) is 0.545. The van der Waals surface area contributed by atoms with E-state index in [1.54, 1.807) is 26.5 Å². The summed E-state index contributed by atoms with van der Waals surface area (Å²) < 4.78 is 1.96. The van der Waals surface area contributed by atoms with Crippen LogP contribution in [-0.4, -0.2) is 44.4 Å². The predicted molar refractivity (Wildman–Crippen MR) is 102 cm³/mol. The predicted octanol–water partition coefficient (Wildman–Crippen LogP) is 3.54. The van der Waals surface area contributed by atoms with E-state index in [0.29, 0.717) is 27.6 Å². The van der Waals surface area contributed by atoms with Crippen molar-refractivity contribution in [2.24, 2.45) is 7.05 Å². The van der Waals surface area contributed by atoms with E-state index in [0.717, 1.165) is 16.5 Å². The molecule has 0 spiro atoms. The molecule has 0 saturated heterocycles. The number of aryl methyl sites for hydroxylation is 1. The van der Waals surface area contributed by atoms with Crippen LogP contribution in [0, 0.1) is 0 Å². The van der Waals surface area contributed by atoms with Gasteiger partial charge in [0.05, 0.1) is 10.9 Å². The van der Waals surface area contributed by atoms with Crippen molar-refractivity contribution in [1.29, 1.82) is 0 Å². The molecule has 0 radical (unpaired) electrons. The third kappa shape index (κ3) is 2.50. The zero-order valence-electron chi connectivity index (χ0n) is 14.6. The maximum Gasteiger partial charge on any atom is 0.272 e. The van der Waals surface area contributed by atoms with Gasteiger partial charge in [0.1, 0.15) is 11.3 Å². The first-order chi connectivity index (χ1) is 12.5. The largest absolute Gasteiger partial charge is 0.343 e. The normalized spacial score (nSPS) is 11.2. The first kappa shape index (κ1) is 16.5. The molecule has 0 aliphatic rings. The van der Waals surface area contributed by atoms with Crippen LogP contribution in [0.15, 0.2) is 42.7 Å². The number of rotatable bonds is 2. The summed E-state index contributed by atoms with van der Waals surface area (Å²) in [5, 5.41) is 2.18. The van der Waals surface area contributed by atoms with Crippen LogP contribution in [0.5, 0.6) is 0 Å². The minimum atomic E-state index is -0.180. The number of carbonyl (C=O) groups excluding carboxylic acids is 1. The van der Waals surface area contributed by atoms with Crippen molar-refractivity contribution in [2.75, 3.05) is 14.1 Å². The molecule has 3 aromatic heterocycles. The third-order valence-electron chi connectivity index (χ3n) is 4.34. The molecule has 4 aromatic rings. The summed E-state index contributed by atoms with van der Waals surface area (Å²) in [7, 11) is 5.34. The minimum absolute atomic E-state index is 0.180. The number of aromatic nitrogens is 4. The highest BCUT2D eigenvalue weighted by molar-refractivity contribution is 6.32. The van der Waals surface area contributed by atoms with E-state index in [1.807, 2.05) is 41.9 Å². The van der Waals surface area contributed by atoms with Crippen LogP contribution in [0.4, 0.5) is 0 Å². The molecule has 4 rings (SSSR count). The Bertz CT molecular complexity index is 1150. The van der Waals surface area contributed by atoms with Crippen molar-refractivity contribution in [3.63, 3.8) is 0 Å². The highest BCUT2D eigenvalue weighted by Gasteiger charge is 2.22. The number of amides is 1. The monoisotopic (exact) mass is 365 g/mol. The Kier molecular flexibility index (Phi) is 3.85. The molecule has 130 valence electrons. The van der Waals surface area contributed by atoms with Gasteiger partial charge in [0, 0.05) is 49.5 Å². The van der Waals surface area contributed by atoms with Gasteiger partial charge in [-0.05, 0) is 30.3 Å². The minimum Gasteiger partial charge on any atom is -0.343 e. The summed E-state index contributed by atoms with van der Waals surface area (Å²) in [5.74, 6) is 0.308. The lowest BCUT2D eigenvalue weighted by atomic mass is 10.1. The van der Waals surface area contributed by atoms with Crippen molar-refractivity contribution in [2.45, 2.75) is 0 Å². The summed E-state index contributed by atoms with van der Waals surface area (Å²) in [6, 6.07) is 9.25. The highest BCUT2D eigenvalue weighted by atomic mass is 35.5. The number of pyridine rings is 1. The summed E-state index contributed by atoms with van der Waals surface area (Å²) in [6.45, 7) is 0. The van der Waals surface area contributed by atoms with Gasteiger partial charge in [-0.2, -0.15) is 0 Å². The van der Waals surface area contributed by atoms with Crippen LogP contribution < -0.4 is 0 Å². The van der Waals surface area contributed by atoms with Gasteiger partial charge in [0.15, 0.2) is 5.82 Å². The van der Waals surface area contributed by atoms with Crippen LogP contribution >= 0.6 is 11.6 Å². The SMILES string of the molecule is CN(C)C(=O)c1nc(-c2ccncc2)nc2c1c1cc(Cl)ccc1n2C. The molecule has 0 unspecified atom stereocenters. The maximum atomic E-state index is 12.9. The van der Waals surface area contributed by atoms with Crippen LogP contribution in [-0.2, 0) is 7.05 Å². The van der Waals surface area contributed by atoms with E-state index >= 15 is 0 Å². The van der Waals surface area contributed by atoms with E-state index in [2.05, 4.69) is 9.97 Å². The first-order valence-corrected chi connectivity index (χ1v) is 8.43. The van der Waals surface area contributed by atoms with Gasteiger partial charge in [-0.1, -0.05) is 11.6 Å². The van der Waals surface area contributed by atoms with Gasteiger partial charge in [-0.3, -0.25) is 9.78 Å². The van der Waals surface area contributed by atoms with Gasteiger partial charge >= 0.3 is 0 Å². The van der Waals surface area contributed by atoms with E-state index in [4.69, 9.17) is 16.6 Å². The topological polar surface area (TPSA) is 63.9 Å². The summed E-state index contributed by atoms with van der Waals surface area (Å²) in [4.78, 5) is 27.7. The standard InChI is InChI=1S/C19H16ClN5O/c1-24(2)19(26)16-15-13-10-12(20)4-5-14(13)25(3)18(15)23-17(22-16)11-6-8-21-9-7-11/h4-10H,1-3H3. The second-order valence-corrected chi connectivity index (χ2v) is 6.69. The number of carbonyl (C=O) groups is 1. The number of fused-ring (bicyclic) bond motifs is 3. The summed E-state index contributed by atoms with van der Waals surface area (Å²) >= 11 is 6.20. The lowest BCUT2D eigenvalue weighted by Crippen LogP contribution is -2.23. The first-order valence-electron chi connectivity index (χ1n) is 8.05.